The molecule has 37 heavy (non-hydrogen) atoms. The summed E-state index contributed by atoms with van der Waals surface area (Å²) in [5.41, 5.74) is 3.21. The van der Waals surface area contributed by atoms with Crippen molar-refractivity contribution in [2.24, 2.45) is 0 Å². The number of amides is 3. The topological polar surface area (TPSA) is 84.9 Å². The van der Waals surface area contributed by atoms with Gasteiger partial charge in [-0.25, -0.2) is 0 Å². The van der Waals surface area contributed by atoms with E-state index in [0.717, 1.165) is 34.2 Å². The Hall–Kier alpha value is -3.75. The number of nitrogens with one attached hydrogen (secondary N) is 1. The number of nitrogens with zero attached hydrogens (tertiary/aromatic N) is 1. The lowest BCUT2D eigenvalue weighted by molar-refractivity contribution is -0.127. The van der Waals surface area contributed by atoms with E-state index in [9.17, 15) is 14.4 Å². The molecule has 3 amide bonds. The van der Waals surface area contributed by atoms with E-state index in [-0.39, 0.29) is 18.1 Å². The minimum absolute atomic E-state index is 0.190. The van der Waals surface area contributed by atoms with Crippen molar-refractivity contribution in [2.75, 3.05) is 19.0 Å². The summed E-state index contributed by atoms with van der Waals surface area (Å²) >= 11 is 6.73. The van der Waals surface area contributed by atoms with E-state index in [1.165, 1.54) is 7.11 Å². The number of hydrogen-bond acceptors (Lipinski definition) is 6. The molecule has 0 aliphatic carbocycles. The van der Waals surface area contributed by atoms with E-state index < -0.39 is 17.1 Å². The van der Waals surface area contributed by atoms with E-state index in [1.54, 1.807) is 48.5 Å². The smallest absolute Gasteiger partial charge is 0.294 e. The average Bonchev–Trinajstić information content (AvgIpc) is 3.16. The lowest BCUT2D eigenvalue weighted by atomic mass is 10.1. The molecular weight excluding hydrogens is 512 g/mol. The summed E-state index contributed by atoms with van der Waals surface area (Å²) in [6.45, 7) is 1.91. The summed E-state index contributed by atoms with van der Waals surface area (Å²) in [6.07, 6.45) is 2.46. The molecule has 1 N–H and O–H groups in total. The molecule has 7 nitrogen and oxygen atoms in total. The number of anilines is 1. The van der Waals surface area contributed by atoms with E-state index in [4.69, 9.17) is 21.1 Å². The Bertz CT molecular complexity index is 1340. The lowest BCUT2D eigenvalue weighted by Crippen LogP contribution is -2.36. The second-order valence-electron chi connectivity index (χ2n) is 8.16. The largest absolute Gasteiger partial charge is 0.493 e. The highest BCUT2D eigenvalue weighted by Crippen LogP contribution is 2.37. The third kappa shape index (κ3) is 6.53. The molecule has 0 aromatic heterocycles. The third-order valence-electron chi connectivity index (χ3n) is 5.63. The van der Waals surface area contributed by atoms with Gasteiger partial charge in [-0.05, 0) is 65.7 Å². The first-order chi connectivity index (χ1) is 17.9. The van der Waals surface area contributed by atoms with Gasteiger partial charge in [-0.2, -0.15) is 0 Å². The van der Waals surface area contributed by atoms with Crippen LogP contribution in [0.25, 0.3) is 6.08 Å². The van der Waals surface area contributed by atoms with Crippen LogP contribution < -0.4 is 14.8 Å². The summed E-state index contributed by atoms with van der Waals surface area (Å²) in [5.74, 6) is -0.0884. The number of carbonyl (C=O) groups is 3. The van der Waals surface area contributed by atoms with E-state index in [2.05, 4.69) is 5.32 Å². The number of methoxy groups -OCH3 is 1. The fraction of sp³-hybridized carbons (Fsp3) is 0.179. The van der Waals surface area contributed by atoms with Crippen LogP contribution in [0.5, 0.6) is 11.5 Å². The first-order valence-electron chi connectivity index (χ1n) is 11.6. The van der Waals surface area contributed by atoms with Crippen LogP contribution >= 0.6 is 23.4 Å². The number of aryl methyl sites for hydroxylation is 1. The zero-order chi connectivity index (χ0) is 26.4. The van der Waals surface area contributed by atoms with Crippen molar-refractivity contribution in [2.45, 2.75) is 20.0 Å². The van der Waals surface area contributed by atoms with Crippen LogP contribution in [0.15, 0.2) is 71.6 Å². The predicted octanol–water partition coefficient (Wildman–Crippen LogP) is 6.17. The van der Waals surface area contributed by atoms with Gasteiger partial charge >= 0.3 is 0 Å². The SMILES string of the molecule is CCc1ccc(NC(=O)CN2C(=O)S/C(=C/c3cccc(OC)c3OCc3ccc(Cl)cc3)C2=O)cc1. The number of halogens is 1. The van der Waals surface area contributed by atoms with Crippen LogP contribution in [0.1, 0.15) is 23.6 Å². The van der Waals surface area contributed by atoms with Gasteiger partial charge in [0, 0.05) is 16.3 Å². The van der Waals surface area contributed by atoms with Crippen molar-refractivity contribution in [3.05, 3.63) is 93.3 Å². The van der Waals surface area contributed by atoms with Crippen molar-refractivity contribution >= 4 is 52.2 Å². The number of rotatable bonds is 9. The molecule has 1 aliphatic heterocycles. The molecule has 9 heteroatoms. The molecule has 0 bridgehead atoms. The highest BCUT2D eigenvalue weighted by atomic mass is 35.5. The minimum atomic E-state index is -0.544. The summed E-state index contributed by atoms with van der Waals surface area (Å²) in [7, 11) is 1.52. The Labute approximate surface area is 224 Å². The molecule has 0 atom stereocenters. The Morgan fingerprint density at radius 3 is 2.41 bits per heavy atom. The average molecular weight is 537 g/mol. The summed E-state index contributed by atoms with van der Waals surface area (Å²) in [4.78, 5) is 39.3. The first-order valence-corrected chi connectivity index (χ1v) is 12.8. The molecular formula is C28H25ClN2O5S. The van der Waals surface area contributed by atoms with Gasteiger partial charge in [-0.3, -0.25) is 19.3 Å². The fourth-order valence-electron chi connectivity index (χ4n) is 3.64. The Kier molecular flexibility index (Phi) is 8.53. The minimum Gasteiger partial charge on any atom is -0.493 e. The van der Waals surface area contributed by atoms with Gasteiger partial charge in [0.1, 0.15) is 13.2 Å². The molecule has 1 fully saturated rings. The molecule has 1 aliphatic rings. The van der Waals surface area contributed by atoms with Crippen molar-refractivity contribution < 1.29 is 23.9 Å². The summed E-state index contributed by atoms with van der Waals surface area (Å²) < 4.78 is 11.5. The zero-order valence-corrected chi connectivity index (χ0v) is 21.9. The van der Waals surface area contributed by atoms with Crippen LogP contribution in [0.2, 0.25) is 5.02 Å². The van der Waals surface area contributed by atoms with Crippen molar-refractivity contribution in [1.29, 1.82) is 0 Å². The number of para-hydroxylation sites is 1. The monoisotopic (exact) mass is 536 g/mol. The normalized spacial score (nSPS) is 14.2. The van der Waals surface area contributed by atoms with Gasteiger partial charge in [0.15, 0.2) is 11.5 Å². The van der Waals surface area contributed by atoms with Crippen LogP contribution in [0, 0.1) is 0 Å². The second kappa shape index (κ2) is 12.0. The van der Waals surface area contributed by atoms with Crippen LogP contribution in [0.3, 0.4) is 0 Å². The summed E-state index contributed by atoms with van der Waals surface area (Å²) in [5, 5.41) is 2.84. The standard InChI is InChI=1S/C28H25ClN2O5S/c1-3-18-9-13-22(14-10-18)30-25(32)16-31-27(33)24(37-28(31)34)15-20-5-4-6-23(35-2)26(20)36-17-19-7-11-21(29)12-8-19/h4-15H,3,16-17H2,1-2H3,(H,30,32)/b24-15+. The maximum absolute atomic E-state index is 13.0. The van der Waals surface area contributed by atoms with Crippen LogP contribution in [-0.4, -0.2) is 35.6 Å². The highest BCUT2D eigenvalue weighted by molar-refractivity contribution is 8.18. The van der Waals surface area contributed by atoms with E-state index in [0.29, 0.717) is 27.8 Å². The number of carbonyl (C=O) groups excluding carboxylic acids is 3. The molecule has 4 rings (SSSR count). The van der Waals surface area contributed by atoms with Gasteiger partial charge in [0.05, 0.1) is 12.0 Å². The van der Waals surface area contributed by atoms with Gasteiger partial charge in [-0.1, -0.05) is 54.9 Å². The molecule has 0 radical (unpaired) electrons. The quantitative estimate of drug-likeness (QED) is 0.329. The van der Waals surface area contributed by atoms with Gasteiger partial charge in [-0.15, -0.1) is 0 Å². The third-order valence-corrected chi connectivity index (χ3v) is 6.79. The molecule has 3 aromatic rings. The second-order valence-corrected chi connectivity index (χ2v) is 9.59. The predicted molar refractivity (Wildman–Crippen MR) is 146 cm³/mol. The Morgan fingerprint density at radius 2 is 1.73 bits per heavy atom. The Morgan fingerprint density at radius 1 is 1.03 bits per heavy atom. The van der Waals surface area contributed by atoms with Gasteiger partial charge in [0.2, 0.25) is 5.91 Å². The van der Waals surface area contributed by atoms with Crippen molar-refractivity contribution in [1.82, 2.24) is 4.90 Å². The highest BCUT2D eigenvalue weighted by Gasteiger charge is 2.36. The molecule has 3 aromatic carbocycles. The van der Waals surface area contributed by atoms with Crippen molar-refractivity contribution in [3.63, 3.8) is 0 Å². The molecule has 0 unspecified atom stereocenters. The number of benzene rings is 3. The molecule has 1 saturated heterocycles. The zero-order valence-electron chi connectivity index (χ0n) is 20.3. The first kappa shape index (κ1) is 26.3. The maximum atomic E-state index is 13.0. The van der Waals surface area contributed by atoms with E-state index >= 15 is 0 Å². The molecule has 0 spiro atoms. The Balaban J connectivity index is 1.48. The maximum Gasteiger partial charge on any atom is 0.294 e. The number of imide groups is 1. The van der Waals surface area contributed by atoms with Crippen LogP contribution in [-0.2, 0) is 22.6 Å². The fourth-order valence-corrected chi connectivity index (χ4v) is 4.60. The molecule has 1 heterocycles. The van der Waals surface area contributed by atoms with Gasteiger partial charge < -0.3 is 14.8 Å². The number of ether oxygens (including phenoxy) is 2. The molecule has 190 valence electrons. The van der Waals surface area contributed by atoms with Gasteiger partial charge in [0.25, 0.3) is 11.1 Å². The van der Waals surface area contributed by atoms with Crippen LogP contribution in [0.4, 0.5) is 10.5 Å². The number of hydrogen-bond donors (Lipinski definition) is 1. The molecule has 0 saturated carbocycles. The number of thioether (sulfide) groups is 1. The summed E-state index contributed by atoms with van der Waals surface area (Å²) in [6, 6.07) is 19.9. The lowest BCUT2D eigenvalue weighted by Gasteiger charge is -2.14. The van der Waals surface area contributed by atoms with Crippen molar-refractivity contribution in [3.8, 4) is 11.5 Å². The van der Waals surface area contributed by atoms with E-state index in [1.807, 2.05) is 31.2 Å².